The van der Waals surface area contributed by atoms with E-state index < -0.39 is 11.9 Å². The summed E-state index contributed by atoms with van der Waals surface area (Å²) in [5, 5.41) is 11.6. The summed E-state index contributed by atoms with van der Waals surface area (Å²) in [4.78, 5) is 36.6. The van der Waals surface area contributed by atoms with Gasteiger partial charge in [0.15, 0.2) is 0 Å². The molecule has 0 spiro atoms. The number of carbonyl (C=O) groups excluding carboxylic acids is 2. The van der Waals surface area contributed by atoms with Crippen molar-refractivity contribution in [3.8, 4) is 0 Å². The van der Waals surface area contributed by atoms with E-state index in [1.807, 2.05) is 6.92 Å². The average molecular weight is 369 g/mol. The van der Waals surface area contributed by atoms with Crippen LogP contribution in [0.3, 0.4) is 0 Å². The number of hydrogen-bond acceptors (Lipinski definition) is 3. The molecule has 118 valence electrons. The third-order valence-corrected chi connectivity index (χ3v) is 4.26. The minimum absolute atomic E-state index is 0.0813. The maximum Gasteiger partial charge on any atom is 0.308 e. The number of benzene rings is 1. The molecule has 0 bridgehead atoms. The van der Waals surface area contributed by atoms with Crippen LogP contribution in [-0.2, 0) is 9.59 Å². The van der Waals surface area contributed by atoms with Crippen LogP contribution in [-0.4, -0.2) is 47.4 Å². The molecule has 1 heterocycles. The van der Waals surface area contributed by atoms with E-state index in [9.17, 15) is 14.4 Å². The highest BCUT2D eigenvalue weighted by molar-refractivity contribution is 9.10. The van der Waals surface area contributed by atoms with Crippen LogP contribution < -0.4 is 5.32 Å². The summed E-state index contributed by atoms with van der Waals surface area (Å²) in [7, 11) is 0. The fraction of sp³-hybridized carbons (Fsp3) is 0.400. The standard InChI is InChI=1S/C15H17BrN2O4/c1-9-7-18(8-12(9)15(21)22)13(19)6-17-14(20)10-3-2-4-11(16)5-10/h2-5,9,12H,6-8H2,1H3,(H,17,20)(H,21,22)/t9-,12-/m1/s1. The Balaban J connectivity index is 1.88. The number of nitrogens with one attached hydrogen (secondary N) is 1. The first-order valence-electron chi connectivity index (χ1n) is 6.93. The van der Waals surface area contributed by atoms with Gasteiger partial charge < -0.3 is 15.3 Å². The van der Waals surface area contributed by atoms with Crippen molar-refractivity contribution >= 4 is 33.7 Å². The van der Waals surface area contributed by atoms with Crippen LogP contribution in [0.1, 0.15) is 17.3 Å². The van der Waals surface area contributed by atoms with Crippen molar-refractivity contribution in [2.24, 2.45) is 11.8 Å². The van der Waals surface area contributed by atoms with Crippen molar-refractivity contribution in [1.29, 1.82) is 0 Å². The predicted octanol–water partition coefficient (Wildman–Crippen LogP) is 1.36. The number of carboxylic acids is 1. The second kappa shape index (κ2) is 6.91. The van der Waals surface area contributed by atoms with E-state index in [1.54, 1.807) is 24.3 Å². The van der Waals surface area contributed by atoms with E-state index in [4.69, 9.17) is 5.11 Å². The lowest BCUT2D eigenvalue weighted by molar-refractivity contribution is -0.142. The number of amides is 2. The monoisotopic (exact) mass is 368 g/mol. The number of carbonyl (C=O) groups is 3. The lowest BCUT2D eigenvalue weighted by atomic mass is 9.99. The van der Waals surface area contributed by atoms with Crippen LogP contribution in [0.15, 0.2) is 28.7 Å². The molecule has 0 unspecified atom stereocenters. The minimum atomic E-state index is -0.888. The van der Waals surface area contributed by atoms with Crippen LogP contribution in [0.4, 0.5) is 0 Å². The summed E-state index contributed by atoms with van der Waals surface area (Å²) < 4.78 is 0.782. The van der Waals surface area contributed by atoms with Gasteiger partial charge in [0, 0.05) is 23.1 Å². The van der Waals surface area contributed by atoms with Gasteiger partial charge in [-0.05, 0) is 24.1 Å². The first kappa shape index (κ1) is 16.5. The Labute approximate surface area is 136 Å². The van der Waals surface area contributed by atoms with Crippen molar-refractivity contribution < 1.29 is 19.5 Å². The fourth-order valence-electron chi connectivity index (χ4n) is 2.49. The first-order valence-corrected chi connectivity index (χ1v) is 7.72. The second-order valence-electron chi connectivity index (χ2n) is 5.41. The SMILES string of the molecule is C[C@@H]1CN(C(=O)CNC(=O)c2cccc(Br)c2)C[C@H]1C(=O)O. The van der Waals surface area contributed by atoms with Crippen molar-refractivity contribution in [2.45, 2.75) is 6.92 Å². The summed E-state index contributed by atoms with van der Waals surface area (Å²) in [6, 6.07) is 6.86. The molecular weight excluding hydrogens is 352 g/mol. The van der Waals surface area contributed by atoms with Crippen molar-refractivity contribution in [2.75, 3.05) is 19.6 Å². The molecule has 1 aliphatic rings. The molecular formula is C15H17BrN2O4. The van der Waals surface area contributed by atoms with E-state index in [0.717, 1.165) is 4.47 Å². The zero-order valence-electron chi connectivity index (χ0n) is 12.1. The lowest BCUT2D eigenvalue weighted by Crippen LogP contribution is -2.39. The Morgan fingerprint density at radius 3 is 2.68 bits per heavy atom. The van der Waals surface area contributed by atoms with Gasteiger partial charge in [0.2, 0.25) is 5.91 Å². The van der Waals surface area contributed by atoms with Gasteiger partial charge in [0.05, 0.1) is 12.5 Å². The molecule has 2 rings (SSSR count). The number of hydrogen-bond donors (Lipinski definition) is 2. The molecule has 1 aromatic carbocycles. The van der Waals surface area contributed by atoms with E-state index in [0.29, 0.717) is 12.1 Å². The molecule has 0 aliphatic carbocycles. The molecule has 6 nitrogen and oxygen atoms in total. The Kier molecular flexibility index (Phi) is 5.18. The third kappa shape index (κ3) is 3.85. The highest BCUT2D eigenvalue weighted by atomic mass is 79.9. The molecule has 1 saturated heterocycles. The second-order valence-corrected chi connectivity index (χ2v) is 6.33. The van der Waals surface area contributed by atoms with Gasteiger partial charge in [0.1, 0.15) is 0 Å². The van der Waals surface area contributed by atoms with Crippen LogP contribution in [0.2, 0.25) is 0 Å². The van der Waals surface area contributed by atoms with Crippen LogP contribution in [0.5, 0.6) is 0 Å². The van der Waals surface area contributed by atoms with Crippen LogP contribution >= 0.6 is 15.9 Å². The van der Waals surface area contributed by atoms with Crippen molar-refractivity contribution in [3.63, 3.8) is 0 Å². The van der Waals surface area contributed by atoms with E-state index >= 15 is 0 Å². The molecule has 22 heavy (non-hydrogen) atoms. The van der Waals surface area contributed by atoms with Crippen LogP contribution in [0, 0.1) is 11.8 Å². The third-order valence-electron chi connectivity index (χ3n) is 3.77. The molecule has 0 aromatic heterocycles. The van der Waals surface area contributed by atoms with E-state index in [1.165, 1.54) is 4.90 Å². The Morgan fingerprint density at radius 1 is 1.36 bits per heavy atom. The fourth-order valence-corrected chi connectivity index (χ4v) is 2.89. The van der Waals surface area contributed by atoms with Gasteiger partial charge in [-0.2, -0.15) is 0 Å². The number of carboxylic acid groups (broad SMARTS) is 1. The summed E-state index contributed by atoms with van der Waals surface area (Å²) in [5.41, 5.74) is 0.459. The molecule has 7 heteroatoms. The highest BCUT2D eigenvalue weighted by Gasteiger charge is 2.36. The van der Waals surface area contributed by atoms with Gasteiger partial charge in [-0.15, -0.1) is 0 Å². The topological polar surface area (TPSA) is 86.7 Å². The quantitative estimate of drug-likeness (QED) is 0.839. The van der Waals surface area contributed by atoms with Crippen molar-refractivity contribution in [1.82, 2.24) is 10.2 Å². The van der Waals surface area contributed by atoms with Gasteiger partial charge in [-0.25, -0.2) is 0 Å². The largest absolute Gasteiger partial charge is 0.481 e. The highest BCUT2D eigenvalue weighted by Crippen LogP contribution is 2.23. The molecule has 1 aliphatic heterocycles. The summed E-state index contributed by atoms with van der Waals surface area (Å²) in [5.74, 6) is -2.11. The molecule has 0 saturated carbocycles. The Bertz CT molecular complexity index is 605. The molecule has 1 fully saturated rings. The van der Waals surface area contributed by atoms with Crippen molar-refractivity contribution in [3.05, 3.63) is 34.3 Å². The maximum absolute atomic E-state index is 12.1. The van der Waals surface area contributed by atoms with E-state index in [2.05, 4.69) is 21.2 Å². The zero-order chi connectivity index (χ0) is 16.3. The Morgan fingerprint density at radius 2 is 2.09 bits per heavy atom. The lowest BCUT2D eigenvalue weighted by Gasteiger charge is -2.16. The number of aliphatic carboxylic acids is 1. The summed E-state index contributed by atoms with van der Waals surface area (Å²) >= 11 is 3.28. The maximum atomic E-state index is 12.1. The van der Waals surface area contributed by atoms with Gasteiger partial charge >= 0.3 is 5.97 Å². The number of likely N-dealkylation sites (tertiary alicyclic amines) is 1. The number of rotatable bonds is 4. The molecule has 2 atom stereocenters. The number of nitrogens with zero attached hydrogens (tertiary/aromatic N) is 1. The number of halogens is 1. The molecule has 0 radical (unpaired) electrons. The Hall–Kier alpha value is -1.89. The molecule has 2 N–H and O–H groups in total. The minimum Gasteiger partial charge on any atom is -0.481 e. The predicted molar refractivity (Wildman–Crippen MR) is 83.3 cm³/mol. The first-order chi connectivity index (χ1) is 10.4. The smallest absolute Gasteiger partial charge is 0.308 e. The van der Waals surface area contributed by atoms with E-state index in [-0.39, 0.29) is 30.8 Å². The summed E-state index contributed by atoms with van der Waals surface area (Å²) in [6.07, 6.45) is 0. The average Bonchev–Trinajstić information content (AvgIpc) is 2.86. The van der Waals surface area contributed by atoms with Gasteiger partial charge in [0.25, 0.3) is 5.91 Å². The zero-order valence-corrected chi connectivity index (χ0v) is 13.7. The van der Waals surface area contributed by atoms with Gasteiger partial charge in [-0.3, -0.25) is 14.4 Å². The normalized spacial score (nSPS) is 20.7. The molecule has 2 amide bonds. The van der Waals surface area contributed by atoms with Crippen LogP contribution in [0.25, 0.3) is 0 Å². The van der Waals surface area contributed by atoms with Gasteiger partial charge in [-0.1, -0.05) is 28.9 Å². The summed E-state index contributed by atoms with van der Waals surface area (Å²) in [6.45, 7) is 2.28. The molecule has 1 aromatic rings.